The summed E-state index contributed by atoms with van der Waals surface area (Å²) in [6, 6.07) is 13.7. The van der Waals surface area contributed by atoms with Crippen LogP contribution in [-0.2, 0) is 0 Å². The van der Waals surface area contributed by atoms with Gasteiger partial charge in [0.05, 0.1) is 30.4 Å². The van der Waals surface area contributed by atoms with Crippen LogP contribution in [0.5, 0.6) is 5.75 Å². The molecular weight excluding hydrogens is 298 g/mol. The second-order valence-electron chi connectivity index (χ2n) is 5.70. The quantitative estimate of drug-likeness (QED) is 0.513. The molecule has 0 saturated carbocycles. The van der Waals surface area contributed by atoms with E-state index in [0.717, 1.165) is 44.4 Å². The van der Waals surface area contributed by atoms with Crippen LogP contribution in [0.15, 0.2) is 48.7 Å². The molecule has 0 fully saturated rings. The largest absolute Gasteiger partial charge is 0.497 e. The molecule has 4 rings (SSSR count). The average molecular weight is 313 g/mol. The van der Waals surface area contributed by atoms with Gasteiger partial charge in [-0.05, 0) is 53.8 Å². The minimum Gasteiger partial charge on any atom is -0.497 e. The van der Waals surface area contributed by atoms with Crippen LogP contribution in [0.1, 0.15) is 5.69 Å². The van der Waals surface area contributed by atoms with Crippen LogP contribution in [0.4, 0.5) is 5.69 Å². The Balaban J connectivity index is 2.08. The molecule has 1 N–H and O–H groups in total. The lowest BCUT2D eigenvalue weighted by Gasteiger charge is -2.06. The zero-order valence-electron chi connectivity index (χ0n) is 13.4. The Morgan fingerprint density at radius 3 is 2.54 bits per heavy atom. The third kappa shape index (κ3) is 2.10. The van der Waals surface area contributed by atoms with Gasteiger partial charge in [-0.15, -0.1) is 0 Å². The SMILES string of the molecule is [C-]#[N+]c1cc(-c2ccc(OC)cc2)c2[nH]c3c(C)nccc3c2c1. The maximum Gasteiger partial charge on any atom is 0.188 e. The Morgan fingerprint density at radius 2 is 1.83 bits per heavy atom. The van der Waals surface area contributed by atoms with Crippen molar-refractivity contribution in [2.75, 3.05) is 7.11 Å². The molecule has 0 spiro atoms. The number of nitrogens with zero attached hydrogens (tertiary/aromatic N) is 2. The third-order valence-electron chi connectivity index (χ3n) is 4.33. The number of H-pyrrole nitrogens is 1. The maximum atomic E-state index is 7.43. The highest BCUT2D eigenvalue weighted by Crippen LogP contribution is 2.37. The Kier molecular flexibility index (Phi) is 3.21. The van der Waals surface area contributed by atoms with Crippen molar-refractivity contribution in [1.82, 2.24) is 9.97 Å². The highest BCUT2D eigenvalue weighted by atomic mass is 16.5. The van der Waals surface area contributed by atoms with Crippen molar-refractivity contribution >= 4 is 27.5 Å². The van der Waals surface area contributed by atoms with Gasteiger partial charge in [-0.3, -0.25) is 4.98 Å². The van der Waals surface area contributed by atoms with Crippen LogP contribution in [0, 0.1) is 13.5 Å². The lowest BCUT2D eigenvalue weighted by atomic mass is 10.0. The third-order valence-corrected chi connectivity index (χ3v) is 4.33. The highest BCUT2D eigenvalue weighted by Gasteiger charge is 2.13. The van der Waals surface area contributed by atoms with Crippen LogP contribution in [0.2, 0.25) is 0 Å². The summed E-state index contributed by atoms with van der Waals surface area (Å²) in [7, 11) is 1.65. The summed E-state index contributed by atoms with van der Waals surface area (Å²) in [6.45, 7) is 9.41. The van der Waals surface area contributed by atoms with Gasteiger partial charge in [-0.1, -0.05) is 12.1 Å². The summed E-state index contributed by atoms with van der Waals surface area (Å²) in [4.78, 5) is 11.5. The van der Waals surface area contributed by atoms with E-state index in [9.17, 15) is 0 Å². The number of aromatic nitrogens is 2. The van der Waals surface area contributed by atoms with Crippen LogP contribution >= 0.6 is 0 Å². The minimum atomic E-state index is 0.628. The summed E-state index contributed by atoms with van der Waals surface area (Å²) in [5.74, 6) is 0.813. The predicted octanol–water partition coefficient (Wildman–Crippen LogP) is 5.25. The van der Waals surface area contributed by atoms with Gasteiger partial charge in [-0.25, -0.2) is 4.85 Å². The summed E-state index contributed by atoms with van der Waals surface area (Å²) >= 11 is 0. The van der Waals surface area contributed by atoms with Gasteiger partial charge < -0.3 is 9.72 Å². The van der Waals surface area contributed by atoms with Crippen molar-refractivity contribution in [3.8, 4) is 16.9 Å². The fourth-order valence-corrected chi connectivity index (χ4v) is 3.11. The fraction of sp³-hybridized carbons (Fsp3) is 0.100. The van der Waals surface area contributed by atoms with Crippen LogP contribution in [-0.4, -0.2) is 17.1 Å². The molecule has 0 aliphatic rings. The molecule has 0 aliphatic heterocycles. The first-order valence-electron chi connectivity index (χ1n) is 7.64. The molecule has 24 heavy (non-hydrogen) atoms. The molecule has 0 bridgehead atoms. The van der Waals surface area contributed by atoms with E-state index in [2.05, 4.69) is 14.8 Å². The second kappa shape index (κ2) is 5.39. The van der Waals surface area contributed by atoms with Crippen molar-refractivity contribution in [2.24, 2.45) is 0 Å². The summed E-state index contributed by atoms with van der Waals surface area (Å²) in [6.07, 6.45) is 1.81. The normalized spacial score (nSPS) is 10.9. The Bertz CT molecular complexity index is 1100. The lowest BCUT2D eigenvalue weighted by molar-refractivity contribution is 0.415. The van der Waals surface area contributed by atoms with Crippen molar-refractivity contribution in [3.63, 3.8) is 0 Å². The first-order valence-corrected chi connectivity index (χ1v) is 7.64. The molecule has 4 heteroatoms. The number of aryl methyl sites for hydroxylation is 1. The molecule has 0 aliphatic carbocycles. The number of nitrogens with one attached hydrogen (secondary N) is 1. The molecular formula is C20H15N3O. The van der Waals surface area contributed by atoms with Crippen LogP contribution < -0.4 is 4.74 Å². The van der Waals surface area contributed by atoms with E-state index >= 15 is 0 Å². The number of hydrogen-bond acceptors (Lipinski definition) is 2. The molecule has 0 atom stereocenters. The van der Waals surface area contributed by atoms with E-state index in [1.54, 1.807) is 7.11 Å². The Morgan fingerprint density at radius 1 is 1.04 bits per heavy atom. The second-order valence-corrected chi connectivity index (χ2v) is 5.70. The van der Waals surface area contributed by atoms with Gasteiger partial charge in [0.15, 0.2) is 5.69 Å². The number of pyridine rings is 1. The number of benzene rings is 2. The fourth-order valence-electron chi connectivity index (χ4n) is 3.11. The van der Waals surface area contributed by atoms with Gasteiger partial charge in [0.1, 0.15) is 5.75 Å². The van der Waals surface area contributed by atoms with E-state index in [1.165, 1.54) is 0 Å². The van der Waals surface area contributed by atoms with E-state index < -0.39 is 0 Å². The smallest absolute Gasteiger partial charge is 0.188 e. The monoisotopic (exact) mass is 313 g/mol. The van der Waals surface area contributed by atoms with Gasteiger partial charge in [0, 0.05) is 11.6 Å². The number of ether oxygens (including phenoxy) is 1. The Hall–Kier alpha value is -3.32. The van der Waals surface area contributed by atoms with Crippen molar-refractivity contribution in [2.45, 2.75) is 6.92 Å². The van der Waals surface area contributed by atoms with Gasteiger partial charge >= 0.3 is 0 Å². The van der Waals surface area contributed by atoms with Crippen molar-refractivity contribution in [3.05, 3.63) is 65.8 Å². The van der Waals surface area contributed by atoms with E-state index in [0.29, 0.717) is 5.69 Å². The standard InChI is InChI=1S/C20H15N3O/c1-12-19-16(8-9-22-12)18-11-14(21-2)10-17(20(18)23-19)13-4-6-15(24-3)7-5-13/h4-11,23H,1,3H3. The number of methoxy groups -OCH3 is 1. The van der Waals surface area contributed by atoms with Crippen LogP contribution in [0.3, 0.4) is 0 Å². The van der Waals surface area contributed by atoms with E-state index in [-0.39, 0.29) is 0 Å². The first kappa shape index (κ1) is 14.3. The topological polar surface area (TPSA) is 42.3 Å². The molecule has 2 aromatic heterocycles. The number of hydrogen-bond donors (Lipinski definition) is 1. The lowest BCUT2D eigenvalue weighted by Crippen LogP contribution is -1.84. The van der Waals surface area contributed by atoms with Crippen LogP contribution in [0.25, 0.3) is 37.8 Å². The van der Waals surface area contributed by atoms with E-state index in [1.807, 2.05) is 55.6 Å². The molecule has 2 aromatic carbocycles. The zero-order valence-corrected chi connectivity index (χ0v) is 13.4. The first-order chi connectivity index (χ1) is 11.7. The van der Waals surface area contributed by atoms with Crippen molar-refractivity contribution < 1.29 is 4.74 Å². The summed E-state index contributed by atoms with van der Waals surface area (Å²) in [5, 5.41) is 2.15. The number of fused-ring (bicyclic) bond motifs is 3. The van der Waals surface area contributed by atoms with Crippen molar-refractivity contribution in [1.29, 1.82) is 0 Å². The molecule has 0 unspecified atom stereocenters. The maximum absolute atomic E-state index is 7.43. The summed E-state index contributed by atoms with van der Waals surface area (Å²) < 4.78 is 5.24. The molecule has 4 aromatic rings. The predicted molar refractivity (Wildman–Crippen MR) is 96.6 cm³/mol. The number of rotatable bonds is 2. The molecule has 0 amide bonds. The number of aromatic amines is 1. The van der Waals surface area contributed by atoms with Gasteiger partial charge in [0.25, 0.3) is 0 Å². The van der Waals surface area contributed by atoms with E-state index in [4.69, 9.17) is 11.3 Å². The van der Waals surface area contributed by atoms with Gasteiger partial charge in [-0.2, -0.15) is 0 Å². The Labute approximate surface area is 139 Å². The zero-order chi connectivity index (χ0) is 16.7. The summed E-state index contributed by atoms with van der Waals surface area (Å²) in [5.41, 5.74) is 5.68. The highest BCUT2D eigenvalue weighted by molar-refractivity contribution is 6.13. The molecule has 116 valence electrons. The average Bonchev–Trinajstić information content (AvgIpc) is 3.01. The van der Waals surface area contributed by atoms with Gasteiger partial charge in [0.2, 0.25) is 0 Å². The molecule has 0 radical (unpaired) electrons. The molecule has 0 saturated heterocycles. The molecule has 4 nitrogen and oxygen atoms in total. The molecule has 2 heterocycles. The minimum absolute atomic E-state index is 0.628.